The molecule has 12 nitrogen and oxygen atoms in total. The van der Waals surface area contributed by atoms with E-state index in [2.05, 4.69) is 5.32 Å². The molecule has 2 amide bonds. The number of nitrogens with zero attached hydrogens (tertiary/aromatic N) is 3. The van der Waals surface area contributed by atoms with Gasteiger partial charge in [-0.25, -0.2) is 9.44 Å². The van der Waals surface area contributed by atoms with Gasteiger partial charge in [0.2, 0.25) is 0 Å². The molecule has 3 N–H and O–H groups in total. The van der Waals surface area contributed by atoms with E-state index in [9.17, 15) is 18.0 Å². The summed E-state index contributed by atoms with van der Waals surface area (Å²) in [7, 11) is 2.84. The molecular weight excluding hydrogens is 670 g/mol. The number of amides is 2. The monoisotopic (exact) mass is 713 g/mol. The van der Waals surface area contributed by atoms with Crippen LogP contribution in [0.15, 0.2) is 54.6 Å². The van der Waals surface area contributed by atoms with E-state index >= 15 is 0 Å². The van der Waals surface area contributed by atoms with Gasteiger partial charge in [-0.3, -0.25) is 9.59 Å². The van der Waals surface area contributed by atoms with Crippen molar-refractivity contribution >= 4 is 45.0 Å². The first kappa shape index (κ1) is 36.4. The highest BCUT2D eigenvalue weighted by Crippen LogP contribution is 2.59. The number of carbonyl (C=O) groups is 2. The molecular formula is C35H44ClN5O7S. The third kappa shape index (κ3) is 7.36. The fourth-order valence-corrected chi connectivity index (χ4v) is 7.47. The second-order valence-electron chi connectivity index (χ2n) is 12.4. The Kier molecular flexibility index (Phi) is 11.4. The molecule has 0 saturated heterocycles. The van der Waals surface area contributed by atoms with Crippen molar-refractivity contribution in [1.82, 2.24) is 9.62 Å². The number of hydrogen-bond donors (Lipinski definition) is 2. The van der Waals surface area contributed by atoms with Crippen LogP contribution in [-0.4, -0.2) is 91.6 Å². The lowest BCUT2D eigenvalue weighted by molar-refractivity contribution is 0.0468. The normalized spacial score (nSPS) is 14.2. The summed E-state index contributed by atoms with van der Waals surface area (Å²) in [5.74, 6) is 0.179. The summed E-state index contributed by atoms with van der Waals surface area (Å²) in [5, 5.41) is 8.71. The summed E-state index contributed by atoms with van der Waals surface area (Å²) in [6.07, 6.45) is 4.17. The van der Waals surface area contributed by atoms with E-state index in [0.717, 1.165) is 37.1 Å². The molecule has 0 aliphatic carbocycles. The van der Waals surface area contributed by atoms with Gasteiger partial charge in [0.1, 0.15) is 17.0 Å². The molecule has 264 valence electrons. The Morgan fingerprint density at radius 3 is 2.00 bits per heavy atom. The predicted octanol–water partition coefficient (Wildman–Crippen LogP) is 4.44. The first-order valence-electron chi connectivity index (χ1n) is 16.2. The Labute approximate surface area is 293 Å². The van der Waals surface area contributed by atoms with E-state index in [1.165, 1.54) is 12.1 Å². The lowest BCUT2D eigenvalue weighted by atomic mass is 9.75. The van der Waals surface area contributed by atoms with Crippen LogP contribution in [0.3, 0.4) is 0 Å². The van der Waals surface area contributed by atoms with E-state index in [4.69, 9.17) is 31.0 Å². The molecule has 0 radical (unpaired) electrons. The lowest BCUT2D eigenvalue weighted by Gasteiger charge is -2.43. The number of unbranched alkanes of at least 4 members (excludes halogenated alkanes) is 3. The van der Waals surface area contributed by atoms with Gasteiger partial charge in [0.05, 0.1) is 19.8 Å². The van der Waals surface area contributed by atoms with E-state index in [0.29, 0.717) is 58.2 Å². The second kappa shape index (κ2) is 15.3. The largest absolute Gasteiger partial charge is 0.456 e. The fraction of sp³-hybridized carbons (Fsp3) is 0.429. The number of halogens is 1. The van der Waals surface area contributed by atoms with Crippen molar-refractivity contribution < 1.29 is 32.2 Å². The average molecular weight is 714 g/mol. The second-order valence-corrected chi connectivity index (χ2v) is 14.2. The van der Waals surface area contributed by atoms with Gasteiger partial charge in [-0.1, -0.05) is 25.0 Å². The third-order valence-corrected chi connectivity index (χ3v) is 9.90. The van der Waals surface area contributed by atoms with Crippen LogP contribution < -0.4 is 25.0 Å². The zero-order valence-electron chi connectivity index (χ0n) is 28.3. The number of nitrogens with one attached hydrogen (secondary N) is 1. The molecule has 2 aliphatic heterocycles. The third-order valence-electron chi connectivity index (χ3n) is 8.68. The van der Waals surface area contributed by atoms with Gasteiger partial charge in [-0.2, -0.15) is 8.42 Å². The Morgan fingerprint density at radius 1 is 0.837 bits per heavy atom. The Balaban J connectivity index is 1.44. The van der Waals surface area contributed by atoms with Crippen molar-refractivity contribution in [2.75, 3.05) is 76.8 Å². The van der Waals surface area contributed by atoms with Crippen LogP contribution in [0.1, 0.15) is 63.1 Å². The van der Waals surface area contributed by atoms with Crippen molar-refractivity contribution in [3.05, 3.63) is 82.4 Å². The average Bonchev–Trinajstić information content (AvgIpc) is 3.33. The quantitative estimate of drug-likeness (QED) is 0.163. The first-order valence-corrected chi connectivity index (χ1v) is 18.3. The number of benzene rings is 3. The van der Waals surface area contributed by atoms with Crippen LogP contribution in [0.4, 0.5) is 11.4 Å². The summed E-state index contributed by atoms with van der Waals surface area (Å²) >= 11 is 5.70. The summed E-state index contributed by atoms with van der Waals surface area (Å²) in [6, 6.07) is 15.2. The maximum absolute atomic E-state index is 14.0. The van der Waals surface area contributed by atoms with Gasteiger partial charge >= 0.3 is 10.2 Å². The molecule has 0 fully saturated rings. The minimum absolute atomic E-state index is 0.111. The van der Waals surface area contributed by atoms with Crippen molar-refractivity contribution in [3.8, 4) is 11.5 Å². The number of ether oxygens (including phenoxy) is 3. The molecule has 0 bridgehead atoms. The topological polar surface area (TPSA) is 144 Å². The number of alkyl halides is 1. The van der Waals surface area contributed by atoms with Crippen molar-refractivity contribution in [2.45, 2.75) is 31.2 Å². The minimum atomic E-state index is -4.66. The summed E-state index contributed by atoms with van der Waals surface area (Å²) in [6.45, 7) is 2.04. The maximum Gasteiger partial charge on any atom is 0.302 e. The standard InChI is InChI=1S/C35H44ClN5O7S/c1-39(2)25-10-13-28-31(22-25)48-32-23-26(40(3)4)11-14-29(32)35(28)30-21-24(9-12-27(30)34(43)41(35)49(37,44)45)33(42)38-16-18-47-20-19-46-17-8-6-5-7-15-36/h9-14,21-23H,5-8,15-20H2,1-4H3,(H,38,42)(H2,37,44,45). The molecule has 5 rings (SSSR count). The van der Waals surface area contributed by atoms with Crippen molar-refractivity contribution in [2.24, 2.45) is 5.14 Å². The van der Waals surface area contributed by atoms with E-state index in [-0.39, 0.29) is 24.3 Å². The molecule has 0 atom stereocenters. The molecule has 0 aromatic heterocycles. The number of anilines is 2. The Hall–Kier alpha value is -3.88. The van der Waals surface area contributed by atoms with Crippen LogP contribution >= 0.6 is 11.6 Å². The lowest BCUT2D eigenvalue weighted by Crippen LogP contribution is -2.52. The SMILES string of the molecule is CN(C)c1ccc2c(c1)Oc1cc(N(C)C)ccc1C21c2cc(C(=O)NCCOCCOCCCCCCCl)ccc2C(=O)N1S(N)(=O)=O. The number of rotatable bonds is 16. The van der Waals surface area contributed by atoms with Gasteiger partial charge < -0.3 is 29.3 Å². The van der Waals surface area contributed by atoms with E-state index in [1.807, 2.05) is 50.1 Å². The maximum atomic E-state index is 14.0. The highest BCUT2D eigenvalue weighted by molar-refractivity contribution is 7.87. The van der Waals surface area contributed by atoms with Crippen LogP contribution in [0, 0.1) is 0 Å². The Bertz CT molecular complexity index is 1740. The van der Waals surface area contributed by atoms with Gasteiger partial charge in [0, 0.05) is 98.5 Å². The molecule has 2 heterocycles. The minimum Gasteiger partial charge on any atom is -0.456 e. The molecule has 2 aliphatic rings. The summed E-state index contributed by atoms with van der Waals surface area (Å²) in [4.78, 5) is 31.2. The Morgan fingerprint density at radius 2 is 1.43 bits per heavy atom. The highest BCUT2D eigenvalue weighted by Gasteiger charge is 2.60. The van der Waals surface area contributed by atoms with Crippen LogP contribution in [0.5, 0.6) is 11.5 Å². The summed E-state index contributed by atoms with van der Waals surface area (Å²) < 4.78 is 45.2. The number of nitrogens with two attached hydrogens (primary N) is 1. The molecule has 3 aromatic carbocycles. The molecule has 14 heteroatoms. The smallest absolute Gasteiger partial charge is 0.302 e. The zero-order valence-corrected chi connectivity index (χ0v) is 29.9. The molecule has 1 spiro atoms. The van der Waals surface area contributed by atoms with Crippen molar-refractivity contribution in [1.29, 1.82) is 0 Å². The fourth-order valence-electron chi connectivity index (χ4n) is 6.28. The van der Waals surface area contributed by atoms with E-state index < -0.39 is 27.6 Å². The predicted molar refractivity (Wildman–Crippen MR) is 190 cm³/mol. The van der Waals surface area contributed by atoms with Gasteiger partial charge in [0.15, 0.2) is 0 Å². The number of hydrogen-bond acceptors (Lipinski definition) is 9. The van der Waals surface area contributed by atoms with Crippen LogP contribution in [0.25, 0.3) is 0 Å². The molecule has 0 unspecified atom stereocenters. The highest BCUT2D eigenvalue weighted by atomic mass is 35.5. The summed E-state index contributed by atoms with van der Waals surface area (Å²) in [5.41, 5.74) is 1.30. The van der Waals surface area contributed by atoms with Gasteiger partial charge in [0.25, 0.3) is 11.8 Å². The zero-order chi connectivity index (χ0) is 35.3. The van der Waals surface area contributed by atoms with Gasteiger partial charge in [-0.05, 0) is 43.2 Å². The molecule has 49 heavy (non-hydrogen) atoms. The van der Waals surface area contributed by atoms with Crippen molar-refractivity contribution in [3.63, 3.8) is 0 Å². The van der Waals surface area contributed by atoms with Crippen LogP contribution in [-0.2, 0) is 25.2 Å². The van der Waals surface area contributed by atoms with E-state index in [1.54, 1.807) is 30.3 Å². The first-order chi connectivity index (χ1) is 23.4. The number of carbonyl (C=O) groups excluding carboxylic acids is 2. The molecule has 0 saturated carbocycles. The molecule has 3 aromatic rings. The van der Waals surface area contributed by atoms with Gasteiger partial charge in [-0.15, -0.1) is 11.6 Å². The number of fused-ring (bicyclic) bond motifs is 6. The van der Waals surface area contributed by atoms with Crippen LogP contribution in [0.2, 0.25) is 0 Å².